The number of tetrazole rings is 1. The van der Waals surface area contributed by atoms with Gasteiger partial charge >= 0.3 is 0 Å². The summed E-state index contributed by atoms with van der Waals surface area (Å²) < 4.78 is 7.44. The van der Waals surface area contributed by atoms with Gasteiger partial charge in [0.25, 0.3) is 0 Å². The highest BCUT2D eigenvalue weighted by Gasteiger charge is 2.43. The number of aryl methyl sites for hydroxylation is 1. The quantitative estimate of drug-likeness (QED) is 0.710. The number of rotatable bonds is 6. The van der Waals surface area contributed by atoms with Crippen LogP contribution in [0.4, 0.5) is 0 Å². The van der Waals surface area contributed by atoms with Crippen LogP contribution in [0, 0.1) is 0 Å². The van der Waals surface area contributed by atoms with Crippen LogP contribution in [0.5, 0.6) is 0 Å². The lowest BCUT2D eigenvalue weighted by Crippen LogP contribution is -2.39. The highest BCUT2D eigenvalue weighted by molar-refractivity contribution is 5.05. The molecule has 1 heterocycles. The van der Waals surface area contributed by atoms with E-state index in [0.29, 0.717) is 6.54 Å². The van der Waals surface area contributed by atoms with E-state index in [-0.39, 0.29) is 5.60 Å². The number of nitrogens with two attached hydrogens (primary N) is 1. The Hall–Kier alpha value is -1.01. The van der Waals surface area contributed by atoms with Crippen LogP contribution < -0.4 is 5.73 Å². The van der Waals surface area contributed by atoms with Gasteiger partial charge in [-0.05, 0) is 49.1 Å². The maximum Gasteiger partial charge on any atom is 0.183 e. The molecule has 0 aliphatic heterocycles. The molecule has 0 unspecified atom stereocenters. The number of ether oxygens (including phenoxy) is 1. The van der Waals surface area contributed by atoms with E-state index in [1.165, 1.54) is 6.42 Å². The first-order valence-electron chi connectivity index (χ1n) is 5.84. The zero-order valence-corrected chi connectivity index (χ0v) is 9.72. The van der Waals surface area contributed by atoms with E-state index in [1.807, 2.05) is 4.68 Å². The zero-order chi connectivity index (χ0) is 11.4. The lowest BCUT2D eigenvalue weighted by Gasteiger charge is -2.38. The number of unbranched alkanes of at least 4 members (excludes halogenated alkanes) is 1. The van der Waals surface area contributed by atoms with E-state index < -0.39 is 0 Å². The predicted octanol–water partition coefficient (Wildman–Crippen LogP) is 0.438. The van der Waals surface area contributed by atoms with Crippen LogP contribution >= 0.6 is 0 Å². The Morgan fingerprint density at radius 3 is 2.81 bits per heavy atom. The first-order chi connectivity index (χ1) is 7.82. The Morgan fingerprint density at radius 2 is 2.25 bits per heavy atom. The number of methoxy groups -OCH3 is 1. The molecule has 0 radical (unpaired) electrons. The normalized spacial score (nSPS) is 18.4. The maximum atomic E-state index is 5.58. The van der Waals surface area contributed by atoms with Crippen molar-refractivity contribution in [1.29, 1.82) is 0 Å². The molecule has 6 nitrogen and oxygen atoms in total. The lowest BCUT2D eigenvalue weighted by molar-refractivity contribution is -0.0877. The molecule has 1 aromatic heterocycles. The molecule has 0 aromatic carbocycles. The van der Waals surface area contributed by atoms with Crippen molar-refractivity contribution in [3.8, 4) is 0 Å². The van der Waals surface area contributed by atoms with Crippen molar-refractivity contribution in [2.45, 2.75) is 44.2 Å². The van der Waals surface area contributed by atoms with Gasteiger partial charge in [0, 0.05) is 13.7 Å². The van der Waals surface area contributed by atoms with E-state index in [2.05, 4.69) is 15.5 Å². The lowest BCUT2D eigenvalue weighted by atomic mass is 9.79. The molecule has 0 spiro atoms. The van der Waals surface area contributed by atoms with Crippen molar-refractivity contribution in [2.24, 2.45) is 5.73 Å². The Bertz CT molecular complexity index is 328. The molecule has 0 saturated heterocycles. The monoisotopic (exact) mass is 225 g/mol. The number of nitrogens with zero attached hydrogens (tertiary/aromatic N) is 4. The third-order valence-corrected chi connectivity index (χ3v) is 3.32. The molecule has 0 bridgehead atoms. The summed E-state index contributed by atoms with van der Waals surface area (Å²) >= 11 is 0. The fraction of sp³-hybridized carbons (Fsp3) is 0.900. The minimum absolute atomic E-state index is 0.230. The molecule has 1 aliphatic rings. The van der Waals surface area contributed by atoms with Crippen molar-refractivity contribution in [1.82, 2.24) is 20.2 Å². The third-order valence-electron chi connectivity index (χ3n) is 3.32. The second-order valence-corrected chi connectivity index (χ2v) is 4.27. The van der Waals surface area contributed by atoms with Gasteiger partial charge in [0.15, 0.2) is 5.82 Å². The van der Waals surface area contributed by atoms with Gasteiger partial charge < -0.3 is 10.5 Å². The average Bonchev–Trinajstić information content (AvgIpc) is 2.67. The van der Waals surface area contributed by atoms with E-state index in [9.17, 15) is 0 Å². The second-order valence-electron chi connectivity index (χ2n) is 4.27. The highest BCUT2D eigenvalue weighted by Crippen LogP contribution is 2.42. The molecule has 1 aliphatic carbocycles. The molecule has 1 aromatic rings. The van der Waals surface area contributed by atoms with Crippen molar-refractivity contribution in [2.75, 3.05) is 13.7 Å². The highest BCUT2D eigenvalue weighted by atomic mass is 16.5. The third kappa shape index (κ3) is 1.94. The van der Waals surface area contributed by atoms with Crippen molar-refractivity contribution in [3.63, 3.8) is 0 Å². The van der Waals surface area contributed by atoms with Crippen molar-refractivity contribution < 1.29 is 4.74 Å². The summed E-state index contributed by atoms with van der Waals surface area (Å²) in [5.41, 5.74) is 5.24. The summed E-state index contributed by atoms with van der Waals surface area (Å²) in [5, 5.41) is 11.9. The number of hydrogen-bond acceptors (Lipinski definition) is 5. The second kappa shape index (κ2) is 4.88. The van der Waals surface area contributed by atoms with Gasteiger partial charge in [-0.1, -0.05) is 0 Å². The summed E-state index contributed by atoms with van der Waals surface area (Å²) in [6.07, 6.45) is 5.22. The van der Waals surface area contributed by atoms with Crippen LogP contribution in [0.3, 0.4) is 0 Å². The molecular weight excluding hydrogens is 206 g/mol. The fourth-order valence-corrected chi connectivity index (χ4v) is 2.10. The molecule has 90 valence electrons. The summed E-state index contributed by atoms with van der Waals surface area (Å²) in [6.45, 7) is 1.54. The van der Waals surface area contributed by atoms with Crippen LogP contribution in [-0.2, 0) is 16.9 Å². The predicted molar refractivity (Wildman–Crippen MR) is 58.6 cm³/mol. The molecule has 0 atom stereocenters. The van der Waals surface area contributed by atoms with Crippen LogP contribution in [-0.4, -0.2) is 33.9 Å². The van der Waals surface area contributed by atoms with Crippen molar-refractivity contribution >= 4 is 0 Å². The zero-order valence-electron chi connectivity index (χ0n) is 9.72. The van der Waals surface area contributed by atoms with Gasteiger partial charge in [-0.25, -0.2) is 4.68 Å². The van der Waals surface area contributed by atoms with E-state index >= 15 is 0 Å². The van der Waals surface area contributed by atoms with Gasteiger partial charge in [-0.3, -0.25) is 0 Å². The fourth-order valence-electron chi connectivity index (χ4n) is 2.10. The smallest absolute Gasteiger partial charge is 0.183 e. The van der Waals surface area contributed by atoms with Gasteiger partial charge in [-0.15, -0.1) is 5.10 Å². The topological polar surface area (TPSA) is 78.9 Å². The first kappa shape index (κ1) is 11.5. The molecule has 6 heteroatoms. The molecule has 2 N–H and O–H groups in total. The first-order valence-corrected chi connectivity index (χ1v) is 5.84. The minimum atomic E-state index is -0.230. The van der Waals surface area contributed by atoms with Crippen LogP contribution in [0.25, 0.3) is 0 Å². The van der Waals surface area contributed by atoms with Crippen LogP contribution in [0.1, 0.15) is 37.9 Å². The maximum absolute atomic E-state index is 5.58. The summed E-state index contributed by atoms with van der Waals surface area (Å²) in [4.78, 5) is 0. The van der Waals surface area contributed by atoms with Crippen molar-refractivity contribution in [3.05, 3.63) is 5.82 Å². The number of aromatic nitrogens is 4. The van der Waals surface area contributed by atoms with E-state index in [1.54, 1.807) is 7.11 Å². The Balaban J connectivity index is 2.06. The summed E-state index contributed by atoms with van der Waals surface area (Å²) in [7, 11) is 1.73. The standard InChI is InChI=1S/C10H19N5O/c1-16-10(5-4-6-10)9-12-13-14-15(9)8-3-2-7-11/h2-8,11H2,1H3. The molecule has 1 fully saturated rings. The Kier molecular flexibility index (Phi) is 3.50. The summed E-state index contributed by atoms with van der Waals surface area (Å²) in [5.74, 6) is 0.873. The number of hydrogen-bond donors (Lipinski definition) is 1. The Morgan fingerprint density at radius 1 is 1.44 bits per heavy atom. The van der Waals surface area contributed by atoms with Crippen LogP contribution in [0.2, 0.25) is 0 Å². The molecule has 0 amide bonds. The largest absolute Gasteiger partial charge is 0.370 e. The van der Waals surface area contributed by atoms with Crippen LogP contribution in [0.15, 0.2) is 0 Å². The molecular formula is C10H19N5O. The SMILES string of the molecule is COC1(c2nnnn2CCCCN)CCC1. The molecule has 16 heavy (non-hydrogen) atoms. The van der Waals surface area contributed by atoms with Gasteiger partial charge in [0.1, 0.15) is 5.60 Å². The molecule has 1 saturated carbocycles. The van der Waals surface area contributed by atoms with Gasteiger partial charge in [0.05, 0.1) is 0 Å². The van der Waals surface area contributed by atoms with E-state index in [4.69, 9.17) is 10.5 Å². The molecule has 2 rings (SSSR count). The average molecular weight is 225 g/mol. The van der Waals surface area contributed by atoms with Gasteiger partial charge in [0.2, 0.25) is 0 Å². The Labute approximate surface area is 95.1 Å². The minimum Gasteiger partial charge on any atom is -0.370 e. The van der Waals surface area contributed by atoms with E-state index in [0.717, 1.165) is 38.1 Å². The summed E-state index contributed by atoms with van der Waals surface area (Å²) in [6, 6.07) is 0. The van der Waals surface area contributed by atoms with Gasteiger partial charge in [-0.2, -0.15) is 0 Å².